The van der Waals surface area contributed by atoms with Gasteiger partial charge in [-0.25, -0.2) is 4.98 Å². The number of hydrogen-bond donors (Lipinski definition) is 1. The van der Waals surface area contributed by atoms with E-state index in [0.29, 0.717) is 11.8 Å². The number of aryl methyl sites for hydroxylation is 2. The Hall–Kier alpha value is -0.470. The monoisotopic (exact) mass is 272 g/mol. The minimum absolute atomic E-state index is 0.247. The Morgan fingerprint density at radius 1 is 1.29 bits per heavy atom. The Kier molecular flexibility index (Phi) is 4.16. The maximum Gasteiger partial charge on any atom is 0.126 e. The second kappa shape index (κ2) is 5.45. The first-order valence-corrected chi connectivity index (χ1v) is 7.19. The van der Waals surface area contributed by atoms with Crippen LogP contribution in [-0.4, -0.2) is 22.3 Å². The Balaban J connectivity index is 2.18. The third-order valence-corrected chi connectivity index (χ3v) is 4.53. The standard InChI is InChI=1S/C13H18Cl2N2/c1-2-13(8-14,9-15)17-12-7-6-10-4-3-5-11(10)16-12/h6-7H,2-5,8-9H2,1H3,(H,16,17). The van der Waals surface area contributed by atoms with Gasteiger partial charge in [-0.1, -0.05) is 13.0 Å². The second-order valence-electron chi connectivity index (χ2n) is 4.68. The van der Waals surface area contributed by atoms with Crippen LogP contribution in [0.1, 0.15) is 31.0 Å². The number of rotatable bonds is 5. The summed E-state index contributed by atoms with van der Waals surface area (Å²) in [6, 6.07) is 4.20. The van der Waals surface area contributed by atoms with Gasteiger partial charge in [-0.05, 0) is 37.3 Å². The van der Waals surface area contributed by atoms with Gasteiger partial charge in [0.1, 0.15) is 5.82 Å². The molecule has 0 aliphatic heterocycles. The predicted octanol–water partition coefficient (Wildman–Crippen LogP) is 3.61. The van der Waals surface area contributed by atoms with Crippen molar-refractivity contribution in [3.63, 3.8) is 0 Å². The molecule has 1 aliphatic rings. The van der Waals surface area contributed by atoms with Gasteiger partial charge in [0.2, 0.25) is 0 Å². The summed E-state index contributed by atoms with van der Waals surface area (Å²) in [6.45, 7) is 2.09. The Morgan fingerprint density at radius 2 is 2.06 bits per heavy atom. The zero-order valence-corrected chi connectivity index (χ0v) is 11.6. The van der Waals surface area contributed by atoms with E-state index in [9.17, 15) is 0 Å². The molecule has 0 saturated carbocycles. The van der Waals surface area contributed by atoms with E-state index in [1.165, 1.54) is 17.7 Å². The average Bonchev–Trinajstić information content (AvgIpc) is 2.83. The maximum atomic E-state index is 6.02. The fraction of sp³-hybridized carbons (Fsp3) is 0.615. The number of fused-ring (bicyclic) bond motifs is 1. The smallest absolute Gasteiger partial charge is 0.126 e. The van der Waals surface area contributed by atoms with Crippen LogP contribution < -0.4 is 5.32 Å². The van der Waals surface area contributed by atoms with Crippen molar-refractivity contribution in [2.75, 3.05) is 17.1 Å². The summed E-state index contributed by atoms with van der Waals surface area (Å²) in [6.07, 6.45) is 4.35. The third-order valence-electron chi connectivity index (χ3n) is 3.51. The molecule has 1 aromatic rings. The largest absolute Gasteiger partial charge is 0.362 e. The van der Waals surface area contributed by atoms with E-state index in [1.807, 2.05) is 6.07 Å². The van der Waals surface area contributed by atoms with Gasteiger partial charge in [0.15, 0.2) is 0 Å². The van der Waals surface area contributed by atoms with Gasteiger partial charge in [-0.15, -0.1) is 23.2 Å². The molecule has 17 heavy (non-hydrogen) atoms. The van der Waals surface area contributed by atoms with Crippen molar-refractivity contribution in [1.29, 1.82) is 0 Å². The van der Waals surface area contributed by atoms with Crippen molar-refractivity contribution < 1.29 is 0 Å². The molecule has 1 heterocycles. The van der Waals surface area contributed by atoms with E-state index in [1.54, 1.807) is 0 Å². The van der Waals surface area contributed by atoms with Crippen LogP contribution >= 0.6 is 23.2 Å². The molecular weight excluding hydrogens is 255 g/mol. The molecule has 0 spiro atoms. The molecule has 0 bridgehead atoms. The lowest BCUT2D eigenvalue weighted by Crippen LogP contribution is -2.42. The average molecular weight is 273 g/mol. The van der Waals surface area contributed by atoms with E-state index >= 15 is 0 Å². The number of anilines is 1. The van der Waals surface area contributed by atoms with E-state index < -0.39 is 0 Å². The molecule has 0 fully saturated rings. The van der Waals surface area contributed by atoms with Gasteiger partial charge >= 0.3 is 0 Å². The Morgan fingerprint density at radius 3 is 2.71 bits per heavy atom. The SMILES string of the molecule is CCC(CCl)(CCl)Nc1ccc2c(n1)CCC2. The van der Waals surface area contributed by atoms with Crippen molar-refractivity contribution in [2.24, 2.45) is 0 Å². The topological polar surface area (TPSA) is 24.9 Å². The zero-order chi connectivity index (χ0) is 12.3. The molecule has 0 aromatic carbocycles. The molecule has 0 radical (unpaired) electrons. The number of nitrogens with one attached hydrogen (secondary N) is 1. The van der Waals surface area contributed by atoms with Gasteiger partial charge < -0.3 is 5.32 Å². The molecule has 4 heteroatoms. The molecule has 1 aromatic heterocycles. The molecule has 2 rings (SSSR count). The van der Waals surface area contributed by atoms with Crippen LogP contribution in [0.15, 0.2) is 12.1 Å². The first-order chi connectivity index (χ1) is 8.23. The highest BCUT2D eigenvalue weighted by molar-refractivity contribution is 6.22. The molecule has 0 atom stereocenters. The van der Waals surface area contributed by atoms with Crippen molar-refractivity contribution in [2.45, 2.75) is 38.1 Å². The number of halogens is 2. The van der Waals surface area contributed by atoms with E-state index in [4.69, 9.17) is 23.2 Å². The number of alkyl halides is 2. The molecule has 94 valence electrons. The van der Waals surface area contributed by atoms with Crippen molar-refractivity contribution in [3.05, 3.63) is 23.4 Å². The fourth-order valence-electron chi connectivity index (χ4n) is 2.14. The molecule has 0 unspecified atom stereocenters. The van der Waals surface area contributed by atoms with Crippen LogP contribution in [0.3, 0.4) is 0 Å². The first kappa shape index (κ1) is 13.0. The van der Waals surface area contributed by atoms with Crippen LogP contribution in [0.5, 0.6) is 0 Å². The van der Waals surface area contributed by atoms with Gasteiger partial charge in [0.05, 0.1) is 5.54 Å². The summed E-state index contributed by atoms with van der Waals surface area (Å²) >= 11 is 12.0. The lowest BCUT2D eigenvalue weighted by atomic mass is 10.0. The number of aromatic nitrogens is 1. The Bertz CT molecular complexity index is 381. The summed E-state index contributed by atoms with van der Waals surface area (Å²) in [4.78, 5) is 4.65. The summed E-state index contributed by atoms with van der Waals surface area (Å²) < 4.78 is 0. The van der Waals surface area contributed by atoms with Crippen molar-refractivity contribution >= 4 is 29.0 Å². The van der Waals surface area contributed by atoms with Crippen LogP contribution in [0.4, 0.5) is 5.82 Å². The summed E-state index contributed by atoms with van der Waals surface area (Å²) in [5.41, 5.74) is 2.36. The van der Waals surface area contributed by atoms with E-state index in [-0.39, 0.29) is 5.54 Å². The van der Waals surface area contributed by atoms with Gasteiger partial charge in [-0.2, -0.15) is 0 Å². The number of hydrogen-bond acceptors (Lipinski definition) is 2. The van der Waals surface area contributed by atoms with Gasteiger partial charge in [0.25, 0.3) is 0 Å². The molecule has 1 aliphatic carbocycles. The summed E-state index contributed by atoms with van der Waals surface area (Å²) in [5.74, 6) is 1.88. The minimum atomic E-state index is -0.247. The lowest BCUT2D eigenvalue weighted by Gasteiger charge is -2.30. The third kappa shape index (κ3) is 2.69. The minimum Gasteiger partial charge on any atom is -0.362 e. The Labute approximate surface area is 113 Å². The highest BCUT2D eigenvalue weighted by Gasteiger charge is 2.26. The van der Waals surface area contributed by atoms with Crippen molar-refractivity contribution in [3.8, 4) is 0 Å². The molecule has 1 N–H and O–H groups in total. The maximum absolute atomic E-state index is 6.02. The van der Waals surface area contributed by atoms with Crippen LogP contribution in [0.2, 0.25) is 0 Å². The van der Waals surface area contributed by atoms with E-state index in [2.05, 4.69) is 23.3 Å². The van der Waals surface area contributed by atoms with Crippen molar-refractivity contribution in [1.82, 2.24) is 4.98 Å². The van der Waals surface area contributed by atoms with Crippen LogP contribution in [0.25, 0.3) is 0 Å². The molecule has 2 nitrogen and oxygen atoms in total. The number of nitrogens with zero attached hydrogens (tertiary/aromatic N) is 1. The highest BCUT2D eigenvalue weighted by Crippen LogP contribution is 2.25. The summed E-state index contributed by atoms with van der Waals surface area (Å²) in [7, 11) is 0. The fourth-order valence-corrected chi connectivity index (χ4v) is 2.94. The zero-order valence-electron chi connectivity index (χ0n) is 10.1. The van der Waals surface area contributed by atoms with Gasteiger partial charge in [0, 0.05) is 17.5 Å². The van der Waals surface area contributed by atoms with E-state index in [0.717, 1.165) is 25.1 Å². The first-order valence-electron chi connectivity index (χ1n) is 6.12. The second-order valence-corrected chi connectivity index (χ2v) is 5.22. The van der Waals surface area contributed by atoms with Crippen LogP contribution in [-0.2, 0) is 12.8 Å². The molecule has 0 amide bonds. The quantitative estimate of drug-likeness (QED) is 0.829. The normalized spacial score (nSPS) is 14.8. The molecule has 0 saturated heterocycles. The van der Waals surface area contributed by atoms with Crippen LogP contribution in [0, 0.1) is 0 Å². The number of pyridine rings is 1. The van der Waals surface area contributed by atoms with Gasteiger partial charge in [-0.3, -0.25) is 0 Å². The molecular formula is C13H18Cl2N2. The highest BCUT2D eigenvalue weighted by atomic mass is 35.5. The summed E-state index contributed by atoms with van der Waals surface area (Å²) in [5, 5.41) is 3.40. The lowest BCUT2D eigenvalue weighted by molar-refractivity contribution is 0.557. The predicted molar refractivity (Wildman–Crippen MR) is 74.3 cm³/mol.